The molecule has 23 heavy (non-hydrogen) atoms. The quantitative estimate of drug-likeness (QED) is 0.203. The van der Waals surface area contributed by atoms with Crippen LogP contribution in [0.25, 0.3) is 0 Å². The van der Waals surface area contributed by atoms with E-state index in [9.17, 15) is 30.6 Å². The second kappa shape index (κ2) is 9.15. The number of aliphatic hydroxyl groups is 9. The van der Waals surface area contributed by atoms with Gasteiger partial charge in [-0.05, 0) is 0 Å². The molecule has 11 heteroatoms. The van der Waals surface area contributed by atoms with E-state index in [0.29, 0.717) is 0 Å². The van der Waals surface area contributed by atoms with Crippen molar-refractivity contribution in [3.8, 4) is 0 Å². The van der Waals surface area contributed by atoms with Crippen LogP contribution in [0.5, 0.6) is 0 Å². The summed E-state index contributed by atoms with van der Waals surface area (Å²) in [6.45, 7) is -2.45. The van der Waals surface area contributed by atoms with Gasteiger partial charge in [-0.2, -0.15) is 0 Å². The highest BCUT2D eigenvalue weighted by atomic mass is 16.7. The predicted molar refractivity (Wildman–Crippen MR) is 70.8 cm³/mol. The topological polar surface area (TPSA) is 201 Å². The van der Waals surface area contributed by atoms with Crippen molar-refractivity contribution in [3.63, 3.8) is 0 Å². The third-order valence-electron chi connectivity index (χ3n) is 3.62. The van der Waals surface area contributed by atoms with E-state index in [1.54, 1.807) is 0 Å². The minimum Gasteiger partial charge on any atom is -0.394 e. The average molecular weight is 344 g/mol. The van der Waals surface area contributed by atoms with Crippen molar-refractivity contribution in [1.82, 2.24) is 0 Å². The van der Waals surface area contributed by atoms with E-state index in [4.69, 9.17) is 24.8 Å². The van der Waals surface area contributed by atoms with Gasteiger partial charge in [0.25, 0.3) is 0 Å². The molecule has 1 saturated heterocycles. The molecule has 0 bridgehead atoms. The molecular formula is C12H24O11. The third kappa shape index (κ3) is 4.78. The third-order valence-corrected chi connectivity index (χ3v) is 3.62. The van der Waals surface area contributed by atoms with E-state index in [0.717, 1.165) is 0 Å². The van der Waals surface area contributed by atoms with Crippen molar-refractivity contribution in [1.29, 1.82) is 0 Å². The van der Waals surface area contributed by atoms with Crippen LogP contribution >= 0.6 is 0 Å². The zero-order chi connectivity index (χ0) is 17.7. The molecule has 9 atom stereocenters. The van der Waals surface area contributed by atoms with Crippen molar-refractivity contribution in [2.24, 2.45) is 0 Å². The van der Waals surface area contributed by atoms with Crippen LogP contribution < -0.4 is 0 Å². The molecule has 1 rings (SSSR count). The lowest BCUT2D eigenvalue weighted by molar-refractivity contribution is -0.327. The Hall–Kier alpha value is -0.440. The maximum Gasteiger partial charge on any atom is 0.187 e. The van der Waals surface area contributed by atoms with Gasteiger partial charge in [-0.1, -0.05) is 0 Å². The maximum absolute atomic E-state index is 9.83. The Balaban J connectivity index is 2.89. The van der Waals surface area contributed by atoms with Crippen LogP contribution in [0.3, 0.4) is 0 Å². The van der Waals surface area contributed by atoms with E-state index >= 15 is 0 Å². The summed E-state index contributed by atoms with van der Waals surface area (Å²) in [5.74, 6) is 0. The first-order valence-corrected chi connectivity index (χ1v) is 7.00. The summed E-state index contributed by atoms with van der Waals surface area (Å²) in [6, 6.07) is 0. The molecule has 1 aliphatic heterocycles. The molecule has 0 spiro atoms. The van der Waals surface area contributed by atoms with Gasteiger partial charge in [0.1, 0.15) is 48.8 Å². The van der Waals surface area contributed by atoms with Crippen LogP contribution in [0.2, 0.25) is 0 Å². The summed E-state index contributed by atoms with van der Waals surface area (Å²) in [5, 5.41) is 84.9. The summed E-state index contributed by atoms with van der Waals surface area (Å²) in [4.78, 5) is 0. The first kappa shape index (κ1) is 20.6. The number of hydrogen-bond donors (Lipinski definition) is 9. The standard InChI is InChI=1S/C12H24O11/c13-1-4(16)7(18)11(5(17)2-14)23-12-10(21)9(20)8(19)6(3-15)22-12/h4-21H,1-3H2/t4-,5+,6+,7+,8-,9-,10+,11?,12-/m0/s1. The van der Waals surface area contributed by atoms with Crippen LogP contribution in [0.15, 0.2) is 0 Å². The Morgan fingerprint density at radius 1 is 0.826 bits per heavy atom. The van der Waals surface area contributed by atoms with E-state index < -0.39 is 74.9 Å². The van der Waals surface area contributed by atoms with Gasteiger partial charge < -0.3 is 55.4 Å². The fraction of sp³-hybridized carbons (Fsp3) is 1.00. The SMILES string of the molecule is OC[C@@H](O)C(O[C@@H]1O[C@H](CO)[C@H](O)[C@H](O)[C@H]1O)[C@H](O)[C@@H](O)CO. The summed E-state index contributed by atoms with van der Waals surface area (Å²) in [7, 11) is 0. The molecule has 0 aliphatic carbocycles. The molecule has 1 aliphatic rings. The fourth-order valence-electron chi connectivity index (χ4n) is 2.16. The highest BCUT2D eigenvalue weighted by Gasteiger charge is 2.46. The molecular weight excluding hydrogens is 320 g/mol. The van der Waals surface area contributed by atoms with Crippen molar-refractivity contribution in [2.75, 3.05) is 19.8 Å². The highest BCUT2D eigenvalue weighted by molar-refractivity contribution is 4.91. The van der Waals surface area contributed by atoms with Gasteiger partial charge in [0.05, 0.1) is 19.8 Å². The summed E-state index contributed by atoms with van der Waals surface area (Å²) >= 11 is 0. The Labute approximate surface area is 131 Å². The van der Waals surface area contributed by atoms with Gasteiger partial charge in [0.2, 0.25) is 0 Å². The molecule has 0 aromatic rings. The fourth-order valence-corrected chi connectivity index (χ4v) is 2.16. The van der Waals surface area contributed by atoms with Crippen LogP contribution in [-0.4, -0.2) is 121 Å². The molecule has 0 saturated carbocycles. The Kier molecular flexibility index (Phi) is 8.20. The van der Waals surface area contributed by atoms with Crippen LogP contribution in [0.4, 0.5) is 0 Å². The van der Waals surface area contributed by atoms with Crippen LogP contribution in [0.1, 0.15) is 0 Å². The van der Waals surface area contributed by atoms with Gasteiger partial charge in [0, 0.05) is 0 Å². The molecule has 0 radical (unpaired) electrons. The van der Waals surface area contributed by atoms with Crippen LogP contribution in [0, 0.1) is 0 Å². The van der Waals surface area contributed by atoms with E-state index in [1.165, 1.54) is 0 Å². The maximum atomic E-state index is 9.83. The lowest BCUT2D eigenvalue weighted by Crippen LogP contribution is -2.61. The van der Waals surface area contributed by atoms with Crippen molar-refractivity contribution in [2.45, 2.75) is 55.1 Å². The average Bonchev–Trinajstić information content (AvgIpc) is 2.57. The molecule has 138 valence electrons. The smallest absolute Gasteiger partial charge is 0.187 e. The molecule has 0 amide bonds. The van der Waals surface area contributed by atoms with Crippen molar-refractivity contribution >= 4 is 0 Å². The second-order valence-electron chi connectivity index (χ2n) is 5.29. The lowest BCUT2D eigenvalue weighted by Gasteiger charge is -2.42. The molecule has 1 heterocycles. The molecule has 1 unspecified atom stereocenters. The van der Waals surface area contributed by atoms with Crippen molar-refractivity contribution < 1.29 is 55.4 Å². The van der Waals surface area contributed by atoms with E-state index in [-0.39, 0.29) is 0 Å². The Morgan fingerprint density at radius 2 is 1.39 bits per heavy atom. The molecule has 0 aromatic heterocycles. The molecule has 9 N–H and O–H groups in total. The molecule has 1 fully saturated rings. The first-order chi connectivity index (χ1) is 10.8. The summed E-state index contributed by atoms with van der Waals surface area (Å²) < 4.78 is 10.1. The number of ether oxygens (including phenoxy) is 2. The van der Waals surface area contributed by atoms with Gasteiger partial charge in [-0.25, -0.2) is 0 Å². The van der Waals surface area contributed by atoms with Crippen LogP contribution in [-0.2, 0) is 9.47 Å². The summed E-state index contributed by atoms with van der Waals surface area (Å²) in [6.07, 6.45) is -15.1. The minimum absolute atomic E-state index is 0.708. The number of aliphatic hydroxyl groups excluding tert-OH is 9. The Morgan fingerprint density at radius 3 is 1.87 bits per heavy atom. The number of hydrogen-bond acceptors (Lipinski definition) is 11. The monoisotopic (exact) mass is 344 g/mol. The van der Waals surface area contributed by atoms with E-state index in [1.807, 2.05) is 0 Å². The van der Waals surface area contributed by atoms with Crippen molar-refractivity contribution in [3.05, 3.63) is 0 Å². The van der Waals surface area contributed by atoms with Gasteiger partial charge in [0.15, 0.2) is 6.29 Å². The lowest BCUT2D eigenvalue weighted by atomic mass is 9.98. The predicted octanol–water partition coefficient (Wildman–Crippen LogP) is -5.76. The minimum atomic E-state index is -1.85. The first-order valence-electron chi connectivity index (χ1n) is 7.00. The summed E-state index contributed by atoms with van der Waals surface area (Å²) in [5.41, 5.74) is 0. The second-order valence-corrected chi connectivity index (χ2v) is 5.29. The highest BCUT2D eigenvalue weighted by Crippen LogP contribution is 2.24. The normalized spacial score (nSPS) is 37.2. The zero-order valence-electron chi connectivity index (χ0n) is 12.2. The number of rotatable bonds is 8. The van der Waals surface area contributed by atoms with Gasteiger partial charge in [-0.3, -0.25) is 0 Å². The largest absolute Gasteiger partial charge is 0.394 e. The van der Waals surface area contributed by atoms with E-state index in [2.05, 4.69) is 0 Å². The molecule has 0 aromatic carbocycles. The van der Waals surface area contributed by atoms with Gasteiger partial charge >= 0.3 is 0 Å². The van der Waals surface area contributed by atoms with Gasteiger partial charge in [-0.15, -0.1) is 0 Å². The Bertz CT molecular complexity index is 341. The zero-order valence-corrected chi connectivity index (χ0v) is 12.2. The molecule has 11 nitrogen and oxygen atoms in total.